The van der Waals surface area contributed by atoms with E-state index < -0.39 is 0 Å². The van der Waals surface area contributed by atoms with Crippen LogP contribution in [0.4, 0.5) is 0 Å². The molecule has 0 unspecified atom stereocenters. The van der Waals surface area contributed by atoms with E-state index in [1.807, 2.05) is 19.1 Å². The van der Waals surface area contributed by atoms with E-state index in [2.05, 4.69) is 10.2 Å². The number of piperazine rings is 1. The molecule has 0 bridgehead atoms. The van der Waals surface area contributed by atoms with Crippen molar-refractivity contribution < 1.29 is 9.15 Å². The Balaban J connectivity index is 1.85. The first-order chi connectivity index (χ1) is 10.2. The van der Waals surface area contributed by atoms with Gasteiger partial charge in [-0.25, -0.2) is 0 Å². The van der Waals surface area contributed by atoms with E-state index in [1.165, 1.54) is 0 Å². The van der Waals surface area contributed by atoms with Crippen molar-refractivity contribution in [1.82, 2.24) is 10.2 Å². The van der Waals surface area contributed by atoms with Crippen molar-refractivity contribution in [3.63, 3.8) is 0 Å². The first-order valence-electron chi connectivity index (χ1n) is 7.37. The van der Waals surface area contributed by atoms with Gasteiger partial charge in [0.15, 0.2) is 11.3 Å². The van der Waals surface area contributed by atoms with Crippen molar-refractivity contribution in [3.8, 4) is 5.75 Å². The summed E-state index contributed by atoms with van der Waals surface area (Å²) >= 11 is 6.56. The standard InChI is InChI=1S/C16H21ClN2O2/c1-11-9-13-15(17)12(10-14(20-2)16(13)21-11)3-6-19-7-4-18-5-8-19/h9-10,18H,3-8H2,1-2H3. The number of furan rings is 1. The minimum absolute atomic E-state index is 0.742. The molecule has 5 heteroatoms. The first kappa shape index (κ1) is 14.7. The zero-order chi connectivity index (χ0) is 14.8. The fourth-order valence-corrected chi connectivity index (χ4v) is 3.16. The lowest BCUT2D eigenvalue weighted by molar-refractivity contribution is 0.244. The fourth-order valence-electron chi connectivity index (χ4n) is 2.87. The Kier molecular flexibility index (Phi) is 4.38. The van der Waals surface area contributed by atoms with Crippen LogP contribution in [0.2, 0.25) is 5.02 Å². The van der Waals surface area contributed by atoms with Gasteiger partial charge in [0, 0.05) is 38.1 Å². The predicted octanol–water partition coefficient (Wildman–Crippen LogP) is 2.85. The lowest BCUT2D eigenvalue weighted by Crippen LogP contribution is -2.44. The van der Waals surface area contributed by atoms with Crippen molar-refractivity contribution in [2.24, 2.45) is 0 Å². The number of fused-ring (bicyclic) bond motifs is 1. The van der Waals surface area contributed by atoms with Crippen molar-refractivity contribution >= 4 is 22.6 Å². The Bertz CT molecular complexity index is 633. The summed E-state index contributed by atoms with van der Waals surface area (Å²) in [6.45, 7) is 7.28. The summed E-state index contributed by atoms with van der Waals surface area (Å²) < 4.78 is 11.1. The molecule has 1 aliphatic heterocycles. The van der Waals surface area contributed by atoms with Gasteiger partial charge in [-0.15, -0.1) is 0 Å². The Labute approximate surface area is 130 Å². The molecule has 0 saturated carbocycles. The number of aryl methyl sites for hydroxylation is 1. The maximum Gasteiger partial charge on any atom is 0.177 e. The van der Waals surface area contributed by atoms with Crippen LogP contribution in [0.1, 0.15) is 11.3 Å². The third-order valence-electron chi connectivity index (χ3n) is 4.03. The van der Waals surface area contributed by atoms with E-state index >= 15 is 0 Å². The normalized spacial score (nSPS) is 16.5. The number of rotatable bonds is 4. The van der Waals surface area contributed by atoms with Crippen LogP contribution in [-0.2, 0) is 6.42 Å². The zero-order valence-electron chi connectivity index (χ0n) is 12.5. The second-order valence-electron chi connectivity index (χ2n) is 5.49. The summed E-state index contributed by atoms with van der Waals surface area (Å²) in [5, 5.41) is 5.11. The molecular weight excluding hydrogens is 288 g/mol. The van der Waals surface area contributed by atoms with Crippen molar-refractivity contribution in [1.29, 1.82) is 0 Å². The molecule has 3 rings (SSSR count). The number of benzene rings is 1. The molecule has 2 aromatic rings. The number of nitrogens with zero attached hydrogens (tertiary/aromatic N) is 1. The van der Waals surface area contributed by atoms with Gasteiger partial charge in [0.05, 0.1) is 12.1 Å². The summed E-state index contributed by atoms with van der Waals surface area (Å²) in [5.74, 6) is 1.61. The van der Waals surface area contributed by atoms with Crippen LogP contribution in [-0.4, -0.2) is 44.7 Å². The molecule has 0 radical (unpaired) electrons. The quantitative estimate of drug-likeness (QED) is 0.942. The molecule has 1 saturated heterocycles. The molecule has 21 heavy (non-hydrogen) atoms. The molecule has 1 aromatic carbocycles. The Morgan fingerprint density at radius 3 is 2.81 bits per heavy atom. The van der Waals surface area contributed by atoms with E-state index in [1.54, 1.807) is 7.11 Å². The molecule has 0 amide bonds. The summed E-state index contributed by atoms with van der Waals surface area (Å²) in [7, 11) is 1.67. The van der Waals surface area contributed by atoms with Crippen LogP contribution < -0.4 is 10.1 Å². The second-order valence-corrected chi connectivity index (χ2v) is 5.87. The van der Waals surface area contributed by atoms with Gasteiger partial charge in [-0.3, -0.25) is 0 Å². The molecule has 1 aliphatic rings. The summed E-state index contributed by atoms with van der Waals surface area (Å²) in [5.41, 5.74) is 1.87. The van der Waals surface area contributed by atoms with Crippen LogP contribution in [0.5, 0.6) is 5.75 Å². The number of nitrogens with one attached hydrogen (secondary N) is 1. The highest BCUT2D eigenvalue weighted by Crippen LogP contribution is 2.37. The SMILES string of the molecule is COc1cc(CCN2CCNCC2)c(Cl)c2cc(C)oc12. The Morgan fingerprint density at radius 1 is 1.33 bits per heavy atom. The van der Waals surface area contributed by atoms with Crippen molar-refractivity contribution in [2.75, 3.05) is 39.8 Å². The van der Waals surface area contributed by atoms with Crippen LogP contribution >= 0.6 is 11.6 Å². The van der Waals surface area contributed by atoms with E-state index in [-0.39, 0.29) is 0 Å². The van der Waals surface area contributed by atoms with Gasteiger partial charge >= 0.3 is 0 Å². The van der Waals surface area contributed by atoms with Crippen LogP contribution in [0.3, 0.4) is 0 Å². The smallest absolute Gasteiger partial charge is 0.177 e. The third kappa shape index (κ3) is 3.03. The monoisotopic (exact) mass is 308 g/mol. The highest BCUT2D eigenvalue weighted by Gasteiger charge is 2.16. The number of hydrogen-bond acceptors (Lipinski definition) is 4. The highest BCUT2D eigenvalue weighted by atomic mass is 35.5. The lowest BCUT2D eigenvalue weighted by atomic mass is 10.1. The first-order valence-corrected chi connectivity index (χ1v) is 7.75. The Hall–Kier alpha value is -1.23. The van der Waals surface area contributed by atoms with Crippen LogP contribution in [0.15, 0.2) is 16.5 Å². The molecule has 0 spiro atoms. The molecule has 4 nitrogen and oxygen atoms in total. The molecule has 0 aliphatic carbocycles. The number of hydrogen-bond donors (Lipinski definition) is 1. The van der Waals surface area contributed by atoms with Crippen molar-refractivity contribution in [2.45, 2.75) is 13.3 Å². The van der Waals surface area contributed by atoms with Crippen LogP contribution in [0, 0.1) is 6.92 Å². The third-order valence-corrected chi connectivity index (χ3v) is 4.48. The zero-order valence-corrected chi connectivity index (χ0v) is 13.3. The largest absolute Gasteiger partial charge is 0.493 e. The predicted molar refractivity (Wildman–Crippen MR) is 85.5 cm³/mol. The number of halogens is 1. The molecule has 0 atom stereocenters. The van der Waals surface area contributed by atoms with E-state index in [0.717, 1.165) is 72.2 Å². The lowest BCUT2D eigenvalue weighted by Gasteiger charge is -2.27. The summed E-state index contributed by atoms with van der Waals surface area (Å²) in [6.07, 6.45) is 0.926. The van der Waals surface area contributed by atoms with Gasteiger partial charge in [-0.2, -0.15) is 0 Å². The maximum absolute atomic E-state index is 6.56. The van der Waals surface area contributed by atoms with E-state index in [4.69, 9.17) is 20.8 Å². The van der Waals surface area contributed by atoms with Crippen molar-refractivity contribution in [3.05, 3.63) is 28.5 Å². The molecule has 1 N–H and O–H groups in total. The molecule has 1 fully saturated rings. The summed E-state index contributed by atoms with van der Waals surface area (Å²) in [6, 6.07) is 3.99. The number of ether oxygens (including phenoxy) is 1. The molecule has 114 valence electrons. The van der Waals surface area contributed by atoms with E-state index in [9.17, 15) is 0 Å². The number of methoxy groups -OCH3 is 1. The van der Waals surface area contributed by atoms with Crippen LogP contribution in [0.25, 0.3) is 11.0 Å². The van der Waals surface area contributed by atoms with Gasteiger partial charge in [-0.05, 0) is 31.0 Å². The molecule has 2 heterocycles. The average Bonchev–Trinajstić information content (AvgIpc) is 2.90. The van der Waals surface area contributed by atoms with E-state index in [0.29, 0.717) is 0 Å². The van der Waals surface area contributed by atoms with Gasteiger partial charge in [0.1, 0.15) is 5.76 Å². The Morgan fingerprint density at radius 2 is 2.10 bits per heavy atom. The minimum Gasteiger partial charge on any atom is -0.493 e. The second kappa shape index (κ2) is 6.26. The topological polar surface area (TPSA) is 37.6 Å². The minimum atomic E-state index is 0.742. The fraction of sp³-hybridized carbons (Fsp3) is 0.500. The average molecular weight is 309 g/mol. The van der Waals surface area contributed by atoms with Gasteiger partial charge in [0.2, 0.25) is 0 Å². The summed E-state index contributed by atoms with van der Waals surface area (Å²) in [4.78, 5) is 2.46. The van der Waals surface area contributed by atoms with Gasteiger partial charge < -0.3 is 19.4 Å². The molecular formula is C16H21ClN2O2. The maximum atomic E-state index is 6.56. The molecule has 1 aromatic heterocycles. The van der Waals surface area contributed by atoms with Gasteiger partial charge in [0.25, 0.3) is 0 Å². The highest BCUT2D eigenvalue weighted by molar-refractivity contribution is 6.36. The van der Waals surface area contributed by atoms with Gasteiger partial charge in [-0.1, -0.05) is 11.6 Å².